The van der Waals surface area contributed by atoms with Gasteiger partial charge in [-0.3, -0.25) is 0 Å². The van der Waals surface area contributed by atoms with Crippen LogP contribution in [0.4, 0.5) is 0 Å². The maximum atomic E-state index is 6.55. The highest BCUT2D eigenvalue weighted by Gasteiger charge is 2.27. The molecule has 0 N–H and O–H groups in total. The Morgan fingerprint density at radius 1 is 0.405 bits per heavy atom. The summed E-state index contributed by atoms with van der Waals surface area (Å²) in [6.07, 6.45) is 1.56. The van der Waals surface area contributed by atoms with Gasteiger partial charge in [0.15, 0.2) is 0 Å². The van der Waals surface area contributed by atoms with Gasteiger partial charge in [-0.25, -0.2) is 0 Å². The average Bonchev–Trinajstić information content (AvgIpc) is 2.97. The van der Waals surface area contributed by atoms with E-state index in [9.17, 15) is 0 Å². The van der Waals surface area contributed by atoms with E-state index in [1.165, 1.54) is 32.3 Å². The lowest BCUT2D eigenvalue weighted by Crippen LogP contribution is -2.18. The van der Waals surface area contributed by atoms with Crippen molar-refractivity contribution >= 4 is 69.5 Å². The van der Waals surface area contributed by atoms with Gasteiger partial charge in [-0.1, -0.05) is 163 Å². The van der Waals surface area contributed by atoms with Gasteiger partial charge < -0.3 is 0 Å². The molecule has 5 heteroatoms. The van der Waals surface area contributed by atoms with E-state index < -0.39 is 12.1 Å². The molecular formula is C32H28P2S3. The molecule has 0 aliphatic heterocycles. The molecule has 0 saturated carbocycles. The van der Waals surface area contributed by atoms with Crippen LogP contribution in [-0.4, -0.2) is 0 Å². The number of benzene rings is 5. The van der Waals surface area contributed by atoms with Gasteiger partial charge in [0, 0.05) is 29.3 Å². The zero-order valence-electron chi connectivity index (χ0n) is 20.4. The predicted molar refractivity (Wildman–Crippen MR) is 174 cm³/mol. The normalized spacial score (nSPS) is 11.8. The molecule has 0 saturated heterocycles. The lowest BCUT2D eigenvalue weighted by molar-refractivity contribution is 1.18. The van der Waals surface area contributed by atoms with Crippen LogP contribution < -0.4 is 21.2 Å². The molecule has 0 nitrogen and oxygen atoms in total. The van der Waals surface area contributed by atoms with Crippen LogP contribution in [0.5, 0.6) is 0 Å². The van der Waals surface area contributed by atoms with Crippen LogP contribution in [0.25, 0.3) is 0 Å². The first-order valence-corrected chi connectivity index (χ1v) is 18.6. The number of rotatable bonds is 8. The van der Waals surface area contributed by atoms with E-state index in [1.807, 2.05) is 0 Å². The minimum Gasteiger partial charge on any atom is -0.143 e. The first-order valence-electron chi connectivity index (χ1n) is 12.2. The van der Waals surface area contributed by atoms with E-state index in [2.05, 4.69) is 140 Å². The maximum Gasteiger partial charge on any atom is 0.0148 e. The summed E-state index contributed by atoms with van der Waals surface area (Å²) < 4.78 is 0. The summed E-state index contributed by atoms with van der Waals surface area (Å²) in [4.78, 5) is 1.02. The molecule has 0 heterocycles. The fraction of sp³-hybridized carbons (Fsp3) is 0.0625. The largest absolute Gasteiger partial charge is 0.143 e. The quantitative estimate of drug-likeness (QED) is 0.154. The molecule has 0 spiro atoms. The number of hydrogen-bond acceptors (Lipinski definition) is 3. The number of hydrogen-bond donors (Lipinski definition) is 1. The highest BCUT2D eigenvalue weighted by atomic mass is 32.4. The fourth-order valence-electron chi connectivity index (χ4n) is 4.72. The Hall–Kier alpha value is -2.25. The molecule has 0 aliphatic carbocycles. The molecule has 5 aromatic rings. The molecule has 0 bridgehead atoms. The second-order valence-electron chi connectivity index (χ2n) is 9.06. The van der Waals surface area contributed by atoms with E-state index in [1.54, 1.807) is 0 Å². The van der Waals surface area contributed by atoms with E-state index >= 15 is 0 Å². The first kappa shape index (κ1) is 26.4. The number of thiol groups is 1. The monoisotopic (exact) mass is 570 g/mol. The minimum absolute atomic E-state index is 0.780. The third-order valence-electron chi connectivity index (χ3n) is 6.68. The molecule has 0 atom stereocenters. The average molecular weight is 571 g/mol. The zero-order chi connectivity index (χ0) is 25.7. The second kappa shape index (κ2) is 11.6. The summed E-state index contributed by atoms with van der Waals surface area (Å²) in [6.45, 7) is 0. The van der Waals surface area contributed by atoms with Gasteiger partial charge in [0.25, 0.3) is 0 Å². The third kappa shape index (κ3) is 5.63. The molecule has 5 aromatic carbocycles. The standard InChI is InChI=1S/C32H28P2S3/c35-32-26(24-33(36,28-16-5-1-6-17-28)29-18-7-2-8-19-29)14-13-15-27(32)25-34(37,30-20-9-3-10-21-30)31-22-11-4-12-23-31/h1-23,35H,24-25H2. The SMILES string of the molecule is S=P(Cc1cccc(CP(=S)(c2ccccc2)c2ccccc2)c1S)(c1ccccc1)c1ccccc1. The Kier molecular flexibility index (Phi) is 8.30. The van der Waals surface area contributed by atoms with E-state index in [0.717, 1.165) is 17.2 Å². The van der Waals surface area contributed by atoms with Crippen LogP contribution in [0, 0.1) is 0 Å². The molecule has 0 amide bonds. The molecule has 37 heavy (non-hydrogen) atoms. The van der Waals surface area contributed by atoms with Gasteiger partial charge in [0.2, 0.25) is 0 Å². The molecule has 0 aliphatic rings. The summed E-state index contributed by atoms with van der Waals surface area (Å²) in [5.41, 5.74) is 2.39. The van der Waals surface area contributed by atoms with Crippen LogP contribution in [-0.2, 0) is 35.9 Å². The molecule has 5 rings (SSSR count). The lowest BCUT2D eigenvalue weighted by Gasteiger charge is -2.27. The van der Waals surface area contributed by atoms with Crippen molar-refractivity contribution in [2.75, 3.05) is 0 Å². The van der Waals surface area contributed by atoms with Gasteiger partial charge in [-0.05, 0) is 32.3 Å². The summed E-state index contributed by atoms with van der Waals surface area (Å²) >= 11 is 18.2. The van der Waals surface area contributed by atoms with E-state index in [-0.39, 0.29) is 0 Å². The van der Waals surface area contributed by atoms with Crippen molar-refractivity contribution in [2.45, 2.75) is 17.2 Å². The highest BCUT2D eigenvalue weighted by Crippen LogP contribution is 2.51. The van der Waals surface area contributed by atoms with Gasteiger partial charge in [-0.2, -0.15) is 0 Å². The predicted octanol–water partition coefficient (Wildman–Crippen LogP) is 7.24. The molecule has 0 fully saturated rings. The second-order valence-corrected chi connectivity index (χ2v) is 18.9. The lowest BCUT2D eigenvalue weighted by atomic mass is 10.1. The van der Waals surface area contributed by atoms with Crippen molar-refractivity contribution < 1.29 is 0 Å². The molecule has 0 radical (unpaired) electrons. The highest BCUT2D eigenvalue weighted by molar-refractivity contribution is 8.22. The summed E-state index contributed by atoms with van der Waals surface area (Å²) in [5, 5.41) is 4.92. The Bertz CT molecular complexity index is 1360. The maximum absolute atomic E-state index is 6.55. The topological polar surface area (TPSA) is 0 Å². The zero-order valence-corrected chi connectivity index (χ0v) is 24.7. The summed E-state index contributed by atoms with van der Waals surface area (Å²) in [5.74, 6) is 0. The smallest absolute Gasteiger partial charge is 0.0148 e. The first-order chi connectivity index (χ1) is 18.0. The van der Waals surface area contributed by atoms with Gasteiger partial charge in [-0.15, -0.1) is 12.6 Å². The van der Waals surface area contributed by atoms with Crippen molar-refractivity contribution in [3.05, 3.63) is 151 Å². The van der Waals surface area contributed by atoms with Gasteiger partial charge in [0.05, 0.1) is 0 Å². The van der Waals surface area contributed by atoms with Crippen molar-refractivity contribution in [1.82, 2.24) is 0 Å². The molecule has 0 aromatic heterocycles. The minimum atomic E-state index is -2.09. The van der Waals surface area contributed by atoms with Crippen LogP contribution in [0.2, 0.25) is 0 Å². The van der Waals surface area contributed by atoms with E-state index in [4.69, 9.17) is 36.2 Å². The fourth-order valence-corrected chi connectivity index (χ4v) is 13.0. The van der Waals surface area contributed by atoms with Gasteiger partial charge >= 0.3 is 0 Å². The van der Waals surface area contributed by atoms with Crippen molar-refractivity contribution in [2.24, 2.45) is 0 Å². The van der Waals surface area contributed by atoms with Crippen LogP contribution in [0.15, 0.2) is 144 Å². The Morgan fingerprint density at radius 2 is 0.676 bits per heavy atom. The summed E-state index contributed by atoms with van der Waals surface area (Å²) in [6, 6.07) is 44.7. The van der Waals surface area contributed by atoms with Crippen LogP contribution in [0.1, 0.15) is 11.1 Å². The molecule has 184 valence electrons. The Balaban J connectivity index is 1.58. The van der Waals surface area contributed by atoms with Crippen LogP contribution >= 0.6 is 24.7 Å². The molecular weight excluding hydrogens is 543 g/mol. The van der Waals surface area contributed by atoms with Crippen molar-refractivity contribution in [3.63, 3.8) is 0 Å². The Labute approximate surface area is 236 Å². The third-order valence-corrected chi connectivity index (χ3v) is 16.7. The van der Waals surface area contributed by atoms with Gasteiger partial charge in [0.1, 0.15) is 0 Å². The van der Waals surface area contributed by atoms with Crippen LogP contribution in [0.3, 0.4) is 0 Å². The Morgan fingerprint density at radius 3 is 0.946 bits per heavy atom. The van der Waals surface area contributed by atoms with E-state index in [0.29, 0.717) is 0 Å². The molecule has 0 unspecified atom stereocenters. The summed E-state index contributed by atoms with van der Waals surface area (Å²) in [7, 11) is 0. The van der Waals surface area contributed by atoms with Crippen molar-refractivity contribution in [1.29, 1.82) is 0 Å². The van der Waals surface area contributed by atoms with Crippen molar-refractivity contribution in [3.8, 4) is 0 Å².